The highest BCUT2D eigenvalue weighted by atomic mass is 32.2. The van der Waals surface area contributed by atoms with Crippen molar-refractivity contribution >= 4 is 29.4 Å². The molecular formula is C14H18FN3O2S. The van der Waals surface area contributed by atoms with E-state index in [9.17, 15) is 14.0 Å². The Kier molecular flexibility index (Phi) is 5.44. The van der Waals surface area contributed by atoms with E-state index in [1.165, 1.54) is 36.0 Å². The van der Waals surface area contributed by atoms with Gasteiger partial charge in [-0.1, -0.05) is 0 Å². The average molecular weight is 311 g/mol. The Bertz CT molecular complexity index is 501. The summed E-state index contributed by atoms with van der Waals surface area (Å²) >= 11 is 1.50. The molecule has 7 heteroatoms. The fourth-order valence-electron chi connectivity index (χ4n) is 2.11. The van der Waals surface area contributed by atoms with Gasteiger partial charge in [0, 0.05) is 31.9 Å². The van der Waals surface area contributed by atoms with Crippen LogP contribution in [-0.4, -0.2) is 59.9 Å². The van der Waals surface area contributed by atoms with Crippen molar-refractivity contribution in [1.82, 2.24) is 9.80 Å². The lowest BCUT2D eigenvalue weighted by Crippen LogP contribution is -2.52. The first-order valence-electron chi connectivity index (χ1n) is 6.68. The van der Waals surface area contributed by atoms with Gasteiger partial charge in [-0.2, -0.15) is 11.8 Å². The van der Waals surface area contributed by atoms with E-state index in [0.29, 0.717) is 37.6 Å². The molecule has 114 valence electrons. The smallest absolute Gasteiger partial charge is 0.321 e. The number of urea groups is 1. The van der Waals surface area contributed by atoms with Gasteiger partial charge in [0.2, 0.25) is 5.91 Å². The van der Waals surface area contributed by atoms with E-state index < -0.39 is 0 Å². The number of thioether (sulfide) groups is 1. The summed E-state index contributed by atoms with van der Waals surface area (Å²) in [4.78, 5) is 27.3. The highest BCUT2D eigenvalue weighted by Gasteiger charge is 2.23. The summed E-state index contributed by atoms with van der Waals surface area (Å²) in [6, 6.07) is 5.42. The minimum Gasteiger partial charge on any atom is -0.338 e. The SMILES string of the molecule is CSCC(=O)N1CCN(C(=O)Nc2ccc(F)cc2)CC1. The van der Waals surface area contributed by atoms with Gasteiger partial charge in [0.05, 0.1) is 5.75 Å². The van der Waals surface area contributed by atoms with Crippen LogP contribution in [0.1, 0.15) is 0 Å². The number of hydrogen-bond donors (Lipinski definition) is 1. The van der Waals surface area contributed by atoms with E-state index in [1.54, 1.807) is 9.80 Å². The molecule has 0 bridgehead atoms. The molecule has 1 aromatic carbocycles. The highest BCUT2D eigenvalue weighted by molar-refractivity contribution is 7.99. The minimum absolute atomic E-state index is 0.112. The maximum absolute atomic E-state index is 12.8. The number of piperazine rings is 1. The summed E-state index contributed by atoms with van der Waals surface area (Å²) in [6.07, 6.45) is 1.89. The quantitative estimate of drug-likeness (QED) is 0.927. The molecule has 3 amide bonds. The fourth-order valence-corrected chi connectivity index (χ4v) is 2.54. The summed E-state index contributed by atoms with van der Waals surface area (Å²) in [5.74, 6) is 0.247. The predicted molar refractivity (Wildman–Crippen MR) is 82.0 cm³/mol. The molecule has 0 aromatic heterocycles. The second-order valence-corrected chi connectivity index (χ2v) is 5.60. The molecule has 5 nitrogen and oxygen atoms in total. The van der Waals surface area contributed by atoms with Crippen molar-refractivity contribution in [2.75, 3.05) is 43.5 Å². The Balaban J connectivity index is 1.83. The van der Waals surface area contributed by atoms with Crippen molar-refractivity contribution in [3.63, 3.8) is 0 Å². The van der Waals surface area contributed by atoms with Gasteiger partial charge < -0.3 is 15.1 Å². The Hall–Kier alpha value is -1.76. The largest absolute Gasteiger partial charge is 0.338 e. The lowest BCUT2D eigenvalue weighted by molar-refractivity contribution is -0.129. The first-order chi connectivity index (χ1) is 10.1. The zero-order valence-corrected chi connectivity index (χ0v) is 12.7. The number of halogens is 1. The van der Waals surface area contributed by atoms with Crippen LogP contribution in [0.3, 0.4) is 0 Å². The van der Waals surface area contributed by atoms with Gasteiger partial charge in [-0.25, -0.2) is 9.18 Å². The zero-order valence-electron chi connectivity index (χ0n) is 11.8. The van der Waals surface area contributed by atoms with Gasteiger partial charge in [-0.05, 0) is 30.5 Å². The number of nitrogens with one attached hydrogen (secondary N) is 1. The van der Waals surface area contributed by atoms with Crippen molar-refractivity contribution in [3.8, 4) is 0 Å². The van der Waals surface area contributed by atoms with E-state index in [4.69, 9.17) is 0 Å². The third-order valence-electron chi connectivity index (χ3n) is 3.28. The number of hydrogen-bond acceptors (Lipinski definition) is 3. The third kappa shape index (κ3) is 4.35. The van der Waals surface area contributed by atoms with Crippen molar-refractivity contribution < 1.29 is 14.0 Å². The predicted octanol–water partition coefficient (Wildman–Crippen LogP) is 1.86. The fraction of sp³-hybridized carbons (Fsp3) is 0.429. The van der Waals surface area contributed by atoms with Gasteiger partial charge >= 0.3 is 6.03 Å². The van der Waals surface area contributed by atoms with Crippen LogP contribution in [-0.2, 0) is 4.79 Å². The average Bonchev–Trinajstić information content (AvgIpc) is 2.50. The van der Waals surface area contributed by atoms with Crippen LogP contribution in [0.4, 0.5) is 14.9 Å². The Labute approximate surface area is 127 Å². The third-order valence-corrected chi connectivity index (χ3v) is 3.82. The van der Waals surface area contributed by atoms with Gasteiger partial charge in [-0.15, -0.1) is 0 Å². The van der Waals surface area contributed by atoms with Crippen molar-refractivity contribution in [2.45, 2.75) is 0 Å². The van der Waals surface area contributed by atoms with Crippen molar-refractivity contribution in [2.24, 2.45) is 0 Å². The molecule has 21 heavy (non-hydrogen) atoms. The van der Waals surface area contributed by atoms with Crippen LogP contribution in [0.15, 0.2) is 24.3 Å². The van der Waals surface area contributed by atoms with Crippen LogP contribution in [0, 0.1) is 5.82 Å². The topological polar surface area (TPSA) is 52.7 Å². The van der Waals surface area contributed by atoms with E-state index in [2.05, 4.69) is 5.32 Å². The number of rotatable bonds is 3. The molecule has 1 N–H and O–H groups in total. The lowest BCUT2D eigenvalue weighted by atomic mass is 10.3. The molecule has 1 fully saturated rings. The molecule has 0 spiro atoms. The Morgan fingerprint density at radius 3 is 2.29 bits per heavy atom. The normalized spacial score (nSPS) is 15.0. The van der Waals surface area contributed by atoms with E-state index in [1.807, 2.05) is 6.26 Å². The van der Waals surface area contributed by atoms with Crippen LogP contribution in [0.2, 0.25) is 0 Å². The Morgan fingerprint density at radius 1 is 1.14 bits per heavy atom. The molecule has 0 radical (unpaired) electrons. The number of amides is 3. The molecule has 1 heterocycles. The lowest BCUT2D eigenvalue weighted by Gasteiger charge is -2.34. The summed E-state index contributed by atoms with van der Waals surface area (Å²) in [7, 11) is 0. The summed E-state index contributed by atoms with van der Waals surface area (Å²) < 4.78 is 12.8. The van der Waals surface area contributed by atoms with Crippen molar-refractivity contribution in [3.05, 3.63) is 30.1 Å². The number of benzene rings is 1. The summed E-state index contributed by atoms with van der Waals surface area (Å²) in [5.41, 5.74) is 0.558. The van der Waals surface area contributed by atoms with Gasteiger partial charge in [0.1, 0.15) is 5.82 Å². The molecule has 0 atom stereocenters. The monoisotopic (exact) mass is 311 g/mol. The van der Waals surface area contributed by atoms with Crippen LogP contribution in [0.5, 0.6) is 0 Å². The Morgan fingerprint density at radius 2 is 1.71 bits per heavy atom. The van der Waals surface area contributed by atoms with Crippen LogP contribution in [0.25, 0.3) is 0 Å². The van der Waals surface area contributed by atoms with Gasteiger partial charge in [-0.3, -0.25) is 4.79 Å². The highest BCUT2D eigenvalue weighted by Crippen LogP contribution is 2.11. The minimum atomic E-state index is -0.339. The first-order valence-corrected chi connectivity index (χ1v) is 8.08. The standard InChI is InChI=1S/C14H18FN3O2S/c1-21-10-13(19)17-6-8-18(9-7-17)14(20)16-12-4-2-11(15)3-5-12/h2-5H,6-10H2,1H3,(H,16,20). The molecule has 1 aromatic rings. The van der Waals surface area contributed by atoms with E-state index in [0.717, 1.165) is 0 Å². The number of nitrogens with zero attached hydrogens (tertiary/aromatic N) is 2. The second kappa shape index (κ2) is 7.31. The van der Waals surface area contributed by atoms with Gasteiger partial charge in [0.25, 0.3) is 0 Å². The van der Waals surface area contributed by atoms with Gasteiger partial charge in [0.15, 0.2) is 0 Å². The number of carbonyl (C=O) groups excluding carboxylic acids is 2. The maximum Gasteiger partial charge on any atom is 0.321 e. The molecule has 0 aliphatic carbocycles. The number of anilines is 1. The first kappa shape index (κ1) is 15.6. The molecule has 1 aliphatic rings. The molecule has 1 saturated heterocycles. The molecule has 0 saturated carbocycles. The second-order valence-electron chi connectivity index (χ2n) is 4.74. The van der Waals surface area contributed by atoms with Crippen molar-refractivity contribution in [1.29, 1.82) is 0 Å². The van der Waals surface area contributed by atoms with E-state index in [-0.39, 0.29) is 17.8 Å². The number of carbonyl (C=O) groups is 2. The maximum atomic E-state index is 12.8. The van der Waals surface area contributed by atoms with Crippen LogP contribution >= 0.6 is 11.8 Å². The zero-order chi connectivity index (χ0) is 15.2. The summed E-state index contributed by atoms with van der Waals surface area (Å²) in [6.45, 7) is 2.12. The summed E-state index contributed by atoms with van der Waals surface area (Å²) in [5, 5.41) is 2.72. The molecule has 2 rings (SSSR count). The molecular weight excluding hydrogens is 293 g/mol. The van der Waals surface area contributed by atoms with Crippen LogP contribution < -0.4 is 5.32 Å². The molecule has 1 aliphatic heterocycles. The molecule has 0 unspecified atom stereocenters. The van der Waals surface area contributed by atoms with E-state index >= 15 is 0 Å².